The highest BCUT2D eigenvalue weighted by atomic mass is 32.1. The molecule has 7 heteroatoms. The molecular formula is C20H20FN3O2S. The number of benzene rings is 1. The third-order valence-corrected chi connectivity index (χ3v) is 5.53. The number of carbonyl (C=O) groups is 1. The number of aromatic nitrogens is 2. The highest BCUT2D eigenvalue weighted by Gasteiger charge is 2.25. The fraction of sp³-hybridized carbons (Fsp3) is 0.350. The van der Waals surface area contributed by atoms with Crippen molar-refractivity contribution in [1.82, 2.24) is 15.0 Å². The summed E-state index contributed by atoms with van der Waals surface area (Å²) in [5.41, 5.74) is 1.80. The molecule has 4 rings (SSSR count). The van der Waals surface area contributed by atoms with Crippen LogP contribution in [0.1, 0.15) is 24.3 Å². The number of halogens is 1. The topological polar surface area (TPSA) is 59.2 Å². The minimum atomic E-state index is -0.286. The van der Waals surface area contributed by atoms with E-state index in [1.807, 2.05) is 21.7 Å². The summed E-state index contributed by atoms with van der Waals surface area (Å²) in [5, 5.41) is 8.03. The Kier molecular flexibility index (Phi) is 5.29. The van der Waals surface area contributed by atoms with E-state index in [9.17, 15) is 9.18 Å². The number of nitrogens with zero attached hydrogens (tertiary/aromatic N) is 3. The second-order valence-electron chi connectivity index (χ2n) is 6.88. The first kappa shape index (κ1) is 17.9. The van der Waals surface area contributed by atoms with E-state index in [0.717, 1.165) is 30.5 Å². The summed E-state index contributed by atoms with van der Waals surface area (Å²) < 4.78 is 18.4. The van der Waals surface area contributed by atoms with Crippen LogP contribution in [0.2, 0.25) is 0 Å². The molecule has 1 atom stereocenters. The molecule has 1 aromatic carbocycles. The molecule has 3 aromatic rings. The van der Waals surface area contributed by atoms with Gasteiger partial charge in [0, 0.05) is 30.5 Å². The average molecular weight is 385 g/mol. The van der Waals surface area contributed by atoms with Crippen molar-refractivity contribution in [3.05, 3.63) is 58.4 Å². The summed E-state index contributed by atoms with van der Waals surface area (Å²) in [6.07, 6.45) is 2.98. The van der Waals surface area contributed by atoms with E-state index in [1.54, 1.807) is 23.5 Å². The largest absolute Gasteiger partial charge is 0.342 e. The van der Waals surface area contributed by atoms with E-state index in [2.05, 4.69) is 10.1 Å². The Bertz CT molecular complexity index is 892. The lowest BCUT2D eigenvalue weighted by molar-refractivity contribution is -0.132. The van der Waals surface area contributed by atoms with Gasteiger partial charge in [-0.25, -0.2) is 4.39 Å². The number of piperidine rings is 1. The molecule has 5 nitrogen and oxygen atoms in total. The second-order valence-corrected chi connectivity index (χ2v) is 7.66. The van der Waals surface area contributed by atoms with Crippen LogP contribution in [-0.2, 0) is 17.6 Å². The SMILES string of the molecule is O=C(Cc1ccc(F)cc1)N1CCCC(Cc2nc(-c3ccsc3)no2)C1. The summed E-state index contributed by atoms with van der Waals surface area (Å²) >= 11 is 1.60. The van der Waals surface area contributed by atoms with Crippen molar-refractivity contribution < 1.29 is 13.7 Å². The molecule has 1 amide bonds. The summed E-state index contributed by atoms with van der Waals surface area (Å²) in [4.78, 5) is 19.0. The van der Waals surface area contributed by atoms with Gasteiger partial charge in [-0.05, 0) is 47.9 Å². The molecule has 3 heterocycles. The molecule has 0 N–H and O–H groups in total. The normalized spacial score (nSPS) is 17.2. The smallest absolute Gasteiger partial charge is 0.227 e. The average Bonchev–Trinajstić information content (AvgIpc) is 3.35. The maximum absolute atomic E-state index is 13.0. The number of thiophene rings is 1. The monoisotopic (exact) mass is 385 g/mol. The molecule has 0 bridgehead atoms. The molecule has 0 radical (unpaired) electrons. The predicted molar refractivity (Wildman–Crippen MR) is 101 cm³/mol. The van der Waals surface area contributed by atoms with Crippen LogP contribution in [0.4, 0.5) is 4.39 Å². The molecule has 2 aromatic heterocycles. The first-order chi connectivity index (χ1) is 13.2. The molecule has 1 unspecified atom stereocenters. The van der Waals surface area contributed by atoms with Crippen molar-refractivity contribution in [2.45, 2.75) is 25.7 Å². The lowest BCUT2D eigenvalue weighted by Crippen LogP contribution is -2.41. The highest BCUT2D eigenvalue weighted by Crippen LogP contribution is 2.23. The predicted octanol–water partition coefficient (Wildman–Crippen LogP) is 3.96. The number of rotatable bonds is 5. The van der Waals surface area contributed by atoms with Gasteiger partial charge in [0.1, 0.15) is 5.82 Å². The van der Waals surface area contributed by atoms with Crippen LogP contribution in [0.15, 0.2) is 45.6 Å². The fourth-order valence-electron chi connectivity index (χ4n) is 3.44. The van der Waals surface area contributed by atoms with Gasteiger partial charge in [0.05, 0.1) is 6.42 Å². The summed E-state index contributed by atoms with van der Waals surface area (Å²) in [6, 6.07) is 8.08. The zero-order valence-corrected chi connectivity index (χ0v) is 15.6. The molecule has 140 valence electrons. The van der Waals surface area contributed by atoms with Crippen LogP contribution >= 0.6 is 11.3 Å². The Hall–Kier alpha value is -2.54. The van der Waals surface area contributed by atoms with Gasteiger partial charge in [-0.3, -0.25) is 4.79 Å². The molecular weight excluding hydrogens is 365 g/mol. The van der Waals surface area contributed by atoms with Gasteiger partial charge in [-0.15, -0.1) is 0 Å². The second kappa shape index (κ2) is 8.00. The van der Waals surface area contributed by atoms with Crippen molar-refractivity contribution in [2.24, 2.45) is 5.92 Å². The van der Waals surface area contributed by atoms with Gasteiger partial charge in [0.15, 0.2) is 0 Å². The van der Waals surface area contributed by atoms with E-state index in [1.165, 1.54) is 12.1 Å². The van der Waals surface area contributed by atoms with Crippen LogP contribution in [0.5, 0.6) is 0 Å². The number of carbonyl (C=O) groups excluding carboxylic acids is 1. The van der Waals surface area contributed by atoms with Gasteiger partial charge in [0.2, 0.25) is 17.6 Å². The number of likely N-dealkylation sites (tertiary alicyclic amines) is 1. The molecule has 1 fully saturated rings. The van der Waals surface area contributed by atoms with Crippen molar-refractivity contribution in [2.75, 3.05) is 13.1 Å². The Morgan fingerprint density at radius 2 is 2.15 bits per heavy atom. The van der Waals surface area contributed by atoms with Crippen LogP contribution in [0.3, 0.4) is 0 Å². The van der Waals surface area contributed by atoms with E-state index in [4.69, 9.17) is 4.52 Å². The number of hydrogen-bond acceptors (Lipinski definition) is 5. The van der Waals surface area contributed by atoms with Gasteiger partial charge in [0.25, 0.3) is 0 Å². The van der Waals surface area contributed by atoms with Crippen LogP contribution in [0, 0.1) is 11.7 Å². The minimum Gasteiger partial charge on any atom is -0.342 e. The third-order valence-electron chi connectivity index (χ3n) is 4.85. The van der Waals surface area contributed by atoms with E-state index in [0.29, 0.717) is 37.0 Å². The fourth-order valence-corrected chi connectivity index (χ4v) is 4.07. The molecule has 0 saturated carbocycles. The Morgan fingerprint density at radius 3 is 2.93 bits per heavy atom. The Balaban J connectivity index is 1.35. The summed E-state index contributed by atoms with van der Waals surface area (Å²) in [5.74, 6) is 1.34. The standard InChI is InChI=1S/C20H20FN3O2S/c21-17-5-3-14(4-6-17)11-19(25)24-8-1-2-15(12-24)10-18-22-20(23-26-18)16-7-9-27-13-16/h3-7,9,13,15H,1-2,8,10-12H2. The van der Waals surface area contributed by atoms with E-state index >= 15 is 0 Å². The minimum absolute atomic E-state index is 0.0794. The third kappa shape index (κ3) is 4.42. The maximum atomic E-state index is 13.0. The van der Waals surface area contributed by atoms with Crippen LogP contribution < -0.4 is 0 Å². The van der Waals surface area contributed by atoms with E-state index < -0.39 is 0 Å². The molecule has 1 aliphatic heterocycles. The van der Waals surface area contributed by atoms with Crippen molar-refractivity contribution in [3.8, 4) is 11.4 Å². The first-order valence-electron chi connectivity index (χ1n) is 9.05. The quantitative estimate of drug-likeness (QED) is 0.667. The lowest BCUT2D eigenvalue weighted by Gasteiger charge is -2.32. The van der Waals surface area contributed by atoms with Crippen molar-refractivity contribution >= 4 is 17.2 Å². The number of hydrogen-bond donors (Lipinski definition) is 0. The molecule has 27 heavy (non-hydrogen) atoms. The van der Waals surface area contributed by atoms with Gasteiger partial charge in [-0.1, -0.05) is 17.3 Å². The zero-order chi connectivity index (χ0) is 18.6. The van der Waals surface area contributed by atoms with Gasteiger partial charge < -0.3 is 9.42 Å². The lowest BCUT2D eigenvalue weighted by atomic mass is 9.94. The summed E-state index contributed by atoms with van der Waals surface area (Å²) in [7, 11) is 0. The molecule has 1 aliphatic rings. The molecule has 1 saturated heterocycles. The Labute approximate surface area is 160 Å². The molecule has 0 spiro atoms. The van der Waals surface area contributed by atoms with Crippen LogP contribution in [0.25, 0.3) is 11.4 Å². The summed E-state index contributed by atoms with van der Waals surface area (Å²) in [6.45, 7) is 1.46. The first-order valence-corrected chi connectivity index (χ1v) is 9.99. The van der Waals surface area contributed by atoms with Gasteiger partial charge in [-0.2, -0.15) is 16.3 Å². The van der Waals surface area contributed by atoms with Crippen molar-refractivity contribution in [1.29, 1.82) is 0 Å². The van der Waals surface area contributed by atoms with Gasteiger partial charge >= 0.3 is 0 Å². The van der Waals surface area contributed by atoms with Crippen molar-refractivity contribution in [3.63, 3.8) is 0 Å². The Morgan fingerprint density at radius 1 is 1.30 bits per heavy atom. The number of amides is 1. The molecule has 0 aliphatic carbocycles. The zero-order valence-electron chi connectivity index (χ0n) is 14.8. The van der Waals surface area contributed by atoms with Crippen LogP contribution in [-0.4, -0.2) is 34.0 Å². The highest BCUT2D eigenvalue weighted by molar-refractivity contribution is 7.08. The van der Waals surface area contributed by atoms with E-state index in [-0.39, 0.29) is 11.7 Å². The maximum Gasteiger partial charge on any atom is 0.227 e.